The highest BCUT2D eigenvalue weighted by atomic mass is 79.9. The molecule has 1 aliphatic carbocycles. The molecular formula is C16H22BrNO. The van der Waals surface area contributed by atoms with Crippen LogP contribution in [0.1, 0.15) is 37.7 Å². The van der Waals surface area contributed by atoms with E-state index in [1.54, 1.807) is 0 Å². The summed E-state index contributed by atoms with van der Waals surface area (Å²) in [7, 11) is 1.96. The van der Waals surface area contributed by atoms with E-state index in [2.05, 4.69) is 28.1 Å². The fraction of sp³-hybridized carbons (Fsp3) is 0.562. The van der Waals surface area contributed by atoms with Gasteiger partial charge in [-0.2, -0.15) is 0 Å². The molecule has 2 nitrogen and oxygen atoms in total. The van der Waals surface area contributed by atoms with Crippen LogP contribution in [0.4, 0.5) is 0 Å². The molecule has 0 N–H and O–H groups in total. The first kappa shape index (κ1) is 14.6. The number of carbonyl (C=O) groups excluding carboxylic acids is 1. The van der Waals surface area contributed by atoms with E-state index in [-0.39, 0.29) is 5.91 Å². The second kappa shape index (κ2) is 7.09. The normalized spacial score (nSPS) is 23.1. The highest BCUT2D eigenvalue weighted by molar-refractivity contribution is 9.09. The highest BCUT2D eigenvalue weighted by Crippen LogP contribution is 2.28. The lowest BCUT2D eigenvalue weighted by Crippen LogP contribution is -2.44. The molecule has 0 aliphatic heterocycles. The van der Waals surface area contributed by atoms with Crippen molar-refractivity contribution in [1.29, 1.82) is 0 Å². The summed E-state index contributed by atoms with van der Waals surface area (Å²) in [5, 5.41) is 0. The van der Waals surface area contributed by atoms with Gasteiger partial charge in [0.2, 0.25) is 5.91 Å². The van der Waals surface area contributed by atoms with E-state index in [0.29, 0.717) is 17.3 Å². The van der Waals surface area contributed by atoms with Gasteiger partial charge in [-0.15, -0.1) is 0 Å². The van der Waals surface area contributed by atoms with Crippen LogP contribution in [0.3, 0.4) is 0 Å². The minimum absolute atomic E-state index is 0.264. The first-order chi connectivity index (χ1) is 9.18. The van der Waals surface area contributed by atoms with Gasteiger partial charge in [-0.25, -0.2) is 0 Å². The Bertz CT molecular complexity index is 406. The summed E-state index contributed by atoms with van der Waals surface area (Å²) in [6.45, 7) is 0. The van der Waals surface area contributed by atoms with Crippen molar-refractivity contribution in [3.05, 3.63) is 35.9 Å². The Morgan fingerprint density at radius 2 is 1.95 bits per heavy atom. The maximum atomic E-state index is 12.3. The van der Waals surface area contributed by atoms with Crippen LogP contribution < -0.4 is 0 Å². The molecule has 1 saturated carbocycles. The van der Waals surface area contributed by atoms with Crippen LogP contribution in [0, 0.1) is 0 Å². The lowest BCUT2D eigenvalue weighted by atomic mass is 9.94. The third kappa shape index (κ3) is 4.07. The molecule has 0 radical (unpaired) electrons. The number of aryl methyl sites for hydroxylation is 1. The maximum absolute atomic E-state index is 12.3. The van der Waals surface area contributed by atoms with Crippen molar-refractivity contribution >= 4 is 21.8 Å². The molecule has 1 aromatic rings. The second-order valence-electron chi connectivity index (χ2n) is 5.36. The highest BCUT2D eigenvalue weighted by Gasteiger charge is 2.28. The molecule has 1 amide bonds. The van der Waals surface area contributed by atoms with Crippen molar-refractivity contribution in [2.45, 2.75) is 49.4 Å². The number of amides is 1. The summed E-state index contributed by atoms with van der Waals surface area (Å²) >= 11 is 3.73. The van der Waals surface area contributed by atoms with Crippen molar-refractivity contribution in [2.24, 2.45) is 0 Å². The molecular weight excluding hydrogens is 302 g/mol. The maximum Gasteiger partial charge on any atom is 0.222 e. The SMILES string of the molecule is CN(C(=O)CCc1ccccc1)C1CCCCC1Br. The molecule has 104 valence electrons. The van der Waals surface area contributed by atoms with E-state index in [0.717, 1.165) is 12.8 Å². The van der Waals surface area contributed by atoms with Crippen LogP contribution in [0.15, 0.2) is 30.3 Å². The number of alkyl halides is 1. The molecule has 19 heavy (non-hydrogen) atoms. The van der Waals surface area contributed by atoms with E-state index in [4.69, 9.17) is 0 Å². The molecule has 2 unspecified atom stereocenters. The minimum atomic E-state index is 0.264. The quantitative estimate of drug-likeness (QED) is 0.772. The zero-order valence-corrected chi connectivity index (χ0v) is 13.1. The fourth-order valence-corrected chi connectivity index (χ4v) is 3.70. The van der Waals surface area contributed by atoms with Crippen LogP contribution in [0.25, 0.3) is 0 Å². The number of rotatable bonds is 4. The van der Waals surface area contributed by atoms with E-state index in [1.165, 1.54) is 24.8 Å². The van der Waals surface area contributed by atoms with Gasteiger partial charge in [-0.3, -0.25) is 4.79 Å². The molecule has 2 rings (SSSR count). The van der Waals surface area contributed by atoms with Gasteiger partial charge in [0.1, 0.15) is 0 Å². The Labute approximate surface area is 124 Å². The molecule has 1 fully saturated rings. The smallest absolute Gasteiger partial charge is 0.222 e. The Hall–Kier alpha value is -0.830. The molecule has 0 bridgehead atoms. The summed E-state index contributed by atoms with van der Waals surface area (Å²) < 4.78 is 0. The van der Waals surface area contributed by atoms with Gasteiger partial charge >= 0.3 is 0 Å². The Kier molecular flexibility index (Phi) is 5.44. The lowest BCUT2D eigenvalue weighted by molar-refractivity contribution is -0.132. The molecule has 1 aliphatic rings. The number of nitrogens with zero attached hydrogens (tertiary/aromatic N) is 1. The second-order valence-corrected chi connectivity index (χ2v) is 6.53. The van der Waals surface area contributed by atoms with Crippen molar-refractivity contribution in [1.82, 2.24) is 4.90 Å². The Morgan fingerprint density at radius 1 is 1.26 bits per heavy atom. The standard InChI is InChI=1S/C16H22BrNO/c1-18(15-10-6-5-9-14(15)17)16(19)12-11-13-7-3-2-4-8-13/h2-4,7-8,14-15H,5-6,9-12H2,1H3. The van der Waals surface area contributed by atoms with Crippen molar-refractivity contribution in [3.63, 3.8) is 0 Å². The summed E-state index contributed by atoms with van der Waals surface area (Å²) in [4.78, 5) is 14.7. The van der Waals surface area contributed by atoms with Crippen molar-refractivity contribution in [3.8, 4) is 0 Å². The van der Waals surface area contributed by atoms with Crippen LogP contribution in [0.5, 0.6) is 0 Å². The average molecular weight is 324 g/mol. The summed E-state index contributed by atoms with van der Waals surface area (Å²) in [6, 6.07) is 10.6. The Balaban J connectivity index is 1.85. The summed E-state index contributed by atoms with van der Waals surface area (Å²) in [5.74, 6) is 0.264. The molecule has 0 saturated heterocycles. The van der Waals surface area contributed by atoms with Crippen molar-refractivity contribution < 1.29 is 4.79 Å². The number of hydrogen-bond donors (Lipinski definition) is 0. The number of hydrogen-bond acceptors (Lipinski definition) is 1. The predicted molar refractivity (Wildman–Crippen MR) is 82.5 cm³/mol. The number of carbonyl (C=O) groups is 1. The van der Waals surface area contributed by atoms with Crippen LogP contribution in [0.2, 0.25) is 0 Å². The molecule has 0 aromatic heterocycles. The molecule has 0 spiro atoms. The Morgan fingerprint density at radius 3 is 2.63 bits per heavy atom. The van der Waals surface area contributed by atoms with Gasteiger partial charge in [0.25, 0.3) is 0 Å². The van der Waals surface area contributed by atoms with E-state index in [9.17, 15) is 4.79 Å². The van der Waals surface area contributed by atoms with Gasteiger partial charge in [-0.05, 0) is 24.8 Å². The first-order valence-electron chi connectivity index (χ1n) is 7.12. The minimum Gasteiger partial charge on any atom is -0.342 e. The lowest BCUT2D eigenvalue weighted by Gasteiger charge is -2.35. The van der Waals surface area contributed by atoms with Gasteiger partial charge in [0.15, 0.2) is 0 Å². The number of halogens is 1. The molecule has 2 atom stereocenters. The van der Waals surface area contributed by atoms with Gasteiger partial charge in [0.05, 0.1) is 0 Å². The fourth-order valence-electron chi connectivity index (χ4n) is 2.76. The van der Waals surface area contributed by atoms with Gasteiger partial charge < -0.3 is 4.90 Å². The first-order valence-corrected chi connectivity index (χ1v) is 8.03. The zero-order chi connectivity index (χ0) is 13.7. The average Bonchev–Trinajstić information content (AvgIpc) is 2.45. The molecule has 1 aromatic carbocycles. The van der Waals surface area contributed by atoms with Crippen molar-refractivity contribution in [2.75, 3.05) is 7.05 Å². The summed E-state index contributed by atoms with van der Waals surface area (Å²) in [6.07, 6.45) is 6.27. The number of benzene rings is 1. The zero-order valence-electron chi connectivity index (χ0n) is 11.5. The predicted octanol–water partition coefficient (Wildman–Crippen LogP) is 3.78. The van der Waals surface area contributed by atoms with E-state index >= 15 is 0 Å². The van der Waals surface area contributed by atoms with Gasteiger partial charge in [0, 0.05) is 24.3 Å². The third-order valence-electron chi connectivity index (χ3n) is 4.01. The van der Waals surface area contributed by atoms with Crippen LogP contribution in [-0.4, -0.2) is 28.7 Å². The third-order valence-corrected chi connectivity index (χ3v) is 5.08. The topological polar surface area (TPSA) is 20.3 Å². The monoisotopic (exact) mass is 323 g/mol. The van der Waals surface area contributed by atoms with E-state index in [1.807, 2.05) is 30.1 Å². The summed E-state index contributed by atoms with van der Waals surface area (Å²) in [5.41, 5.74) is 1.24. The van der Waals surface area contributed by atoms with E-state index < -0.39 is 0 Å². The van der Waals surface area contributed by atoms with Crippen LogP contribution in [-0.2, 0) is 11.2 Å². The van der Waals surface area contributed by atoms with Gasteiger partial charge in [-0.1, -0.05) is 59.1 Å². The molecule has 3 heteroatoms. The largest absolute Gasteiger partial charge is 0.342 e. The van der Waals surface area contributed by atoms with Crippen LogP contribution >= 0.6 is 15.9 Å². The molecule has 0 heterocycles.